The van der Waals surface area contributed by atoms with Gasteiger partial charge in [-0.2, -0.15) is 21.6 Å². The van der Waals surface area contributed by atoms with Crippen LogP contribution in [-0.2, 0) is 10.1 Å². The van der Waals surface area contributed by atoms with Gasteiger partial charge in [0, 0.05) is 17.3 Å². The van der Waals surface area contributed by atoms with E-state index in [0.717, 1.165) is 5.56 Å². The van der Waals surface area contributed by atoms with Gasteiger partial charge in [-0.25, -0.2) is 0 Å². The molecule has 0 atom stereocenters. The molecular formula is C24H23F3N2O5S. The third-order valence-corrected chi connectivity index (χ3v) is 5.38. The summed E-state index contributed by atoms with van der Waals surface area (Å²) < 4.78 is 71.1. The van der Waals surface area contributed by atoms with Crippen molar-refractivity contribution in [2.45, 2.75) is 18.0 Å². The van der Waals surface area contributed by atoms with Gasteiger partial charge < -0.3 is 14.9 Å². The minimum Gasteiger partial charge on any atom is -0.497 e. The summed E-state index contributed by atoms with van der Waals surface area (Å²) >= 11 is 0. The summed E-state index contributed by atoms with van der Waals surface area (Å²) in [6.45, 7) is 1.84. The Labute approximate surface area is 200 Å². The first-order chi connectivity index (χ1) is 16.5. The smallest absolute Gasteiger partial charge is 0.437 e. The highest BCUT2D eigenvalue weighted by Gasteiger charge is 2.37. The summed E-state index contributed by atoms with van der Waals surface area (Å²) in [7, 11) is -2.62. The minimum absolute atomic E-state index is 0.0666. The molecule has 0 bridgehead atoms. The van der Waals surface area contributed by atoms with Crippen LogP contribution in [0.25, 0.3) is 10.9 Å². The van der Waals surface area contributed by atoms with E-state index in [1.807, 2.05) is 25.3 Å². The number of rotatable bonds is 3. The minimum atomic E-state index is -4.68. The number of para-hydroxylation sites is 1. The second kappa shape index (κ2) is 12.0. The van der Waals surface area contributed by atoms with Crippen molar-refractivity contribution in [3.05, 3.63) is 96.2 Å². The standard InChI is InChI=1S/C9H8F3NO2.C8H7N.C7H8O3S/c1-15-7-4-2-6(3-5-7)8(13-14)9(10,11)12;1-2-4-8-7(3-1)5-6-9-8;1-6-2-4-7(5-3-6)11(8,9)10/h2-5,14H,1H3;1-6,9H;2-5H,1H3,(H,8,9,10). The van der Waals surface area contributed by atoms with E-state index < -0.39 is 22.0 Å². The van der Waals surface area contributed by atoms with Crippen LogP contribution in [0.1, 0.15) is 11.1 Å². The molecule has 4 aromatic rings. The summed E-state index contributed by atoms with van der Waals surface area (Å²) in [6, 6.07) is 21.3. The first kappa shape index (κ1) is 27.4. The van der Waals surface area contributed by atoms with Crippen molar-refractivity contribution in [2.75, 3.05) is 7.11 Å². The number of methoxy groups -OCH3 is 1. The Morgan fingerprint density at radius 1 is 0.943 bits per heavy atom. The van der Waals surface area contributed by atoms with Gasteiger partial charge >= 0.3 is 6.18 Å². The van der Waals surface area contributed by atoms with Crippen LogP contribution in [-0.4, -0.2) is 42.2 Å². The van der Waals surface area contributed by atoms with Gasteiger partial charge in [-0.3, -0.25) is 4.55 Å². The Kier molecular flexibility index (Phi) is 9.43. The van der Waals surface area contributed by atoms with Gasteiger partial charge in [0.15, 0.2) is 5.71 Å². The Morgan fingerprint density at radius 2 is 1.54 bits per heavy atom. The van der Waals surface area contributed by atoms with Gasteiger partial charge in [-0.1, -0.05) is 41.1 Å². The van der Waals surface area contributed by atoms with Crippen LogP contribution in [0.15, 0.2) is 95.1 Å². The zero-order valence-corrected chi connectivity index (χ0v) is 19.5. The van der Waals surface area contributed by atoms with Crippen LogP contribution in [0.5, 0.6) is 5.75 Å². The molecule has 0 spiro atoms. The Balaban J connectivity index is 0.000000191. The lowest BCUT2D eigenvalue weighted by molar-refractivity contribution is -0.0601. The third kappa shape index (κ3) is 8.47. The van der Waals surface area contributed by atoms with E-state index >= 15 is 0 Å². The van der Waals surface area contributed by atoms with Crippen molar-refractivity contribution >= 4 is 26.7 Å². The summed E-state index contributed by atoms with van der Waals surface area (Å²) in [5.74, 6) is 0.429. The van der Waals surface area contributed by atoms with E-state index in [-0.39, 0.29) is 10.5 Å². The molecule has 1 heterocycles. The molecule has 35 heavy (non-hydrogen) atoms. The van der Waals surface area contributed by atoms with Crippen LogP contribution >= 0.6 is 0 Å². The van der Waals surface area contributed by atoms with Gasteiger partial charge in [0.1, 0.15) is 5.75 Å². The monoisotopic (exact) mass is 508 g/mol. The van der Waals surface area contributed by atoms with Crippen LogP contribution in [0.2, 0.25) is 0 Å². The zero-order chi connectivity index (χ0) is 26.1. The number of fused-ring (bicyclic) bond motifs is 1. The molecule has 3 aromatic carbocycles. The zero-order valence-electron chi connectivity index (χ0n) is 18.7. The molecule has 0 aliphatic carbocycles. The number of H-pyrrole nitrogens is 1. The molecule has 0 saturated heterocycles. The Bertz CT molecular complexity index is 1320. The summed E-state index contributed by atoms with van der Waals surface area (Å²) in [5.41, 5.74) is 0.617. The van der Waals surface area contributed by atoms with Crippen LogP contribution in [0, 0.1) is 6.92 Å². The number of benzene rings is 3. The van der Waals surface area contributed by atoms with Crippen molar-refractivity contribution in [1.82, 2.24) is 4.98 Å². The van der Waals surface area contributed by atoms with Gasteiger partial charge in [0.2, 0.25) is 0 Å². The van der Waals surface area contributed by atoms with Gasteiger partial charge in [0.25, 0.3) is 10.1 Å². The Hall–Kier alpha value is -3.83. The van der Waals surface area contributed by atoms with Gasteiger partial charge in [0.05, 0.1) is 12.0 Å². The number of halogens is 3. The molecule has 0 saturated carbocycles. The van der Waals surface area contributed by atoms with Crippen molar-refractivity contribution in [3.63, 3.8) is 0 Å². The van der Waals surface area contributed by atoms with Crippen molar-refractivity contribution in [3.8, 4) is 5.75 Å². The quantitative estimate of drug-likeness (QED) is 0.139. The first-order valence-electron chi connectivity index (χ1n) is 9.95. The molecule has 0 aliphatic rings. The fraction of sp³-hybridized carbons (Fsp3) is 0.125. The molecule has 7 nitrogen and oxygen atoms in total. The highest BCUT2D eigenvalue weighted by molar-refractivity contribution is 7.85. The molecule has 3 N–H and O–H groups in total. The number of hydrogen-bond acceptors (Lipinski definition) is 5. The van der Waals surface area contributed by atoms with Crippen LogP contribution < -0.4 is 4.74 Å². The van der Waals surface area contributed by atoms with Crippen molar-refractivity contribution < 1.29 is 36.1 Å². The highest BCUT2D eigenvalue weighted by atomic mass is 32.2. The first-order valence-corrected chi connectivity index (χ1v) is 11.4. The number of oxime groups is 1. The molecule has 0 amide bonds. The van der Waals surface area contributed by atoms with Crippen molar-refractivity contribution in [2.24, 2.45) is 5.16 Å². The molecule has 11 heteroatoms. The van der Waals surface area contributed by atoms with Gasteiger partial charge in [-0.15, -0.1) is 0 Å². The van der Waals surface area contributed by atoms with E-state index in [1.54, 1.807) is 12.1 Å². The van der Waals surface area contributed by atoms with Crippen molar-refractivity contribution in [1.29, 1.82) is 0 Å². The molecule has 4 rings (SSSR count). The van der Waals surface area contributed by atoms with Crippen LogP contribution in [0.4, 0.5) is 13.2 Å². The largest absolute Gasteiger partial charge is 0.497 e. The fourth-order valence-electron chi connectivity index (χ4n) is 2.73. The SMILES string of the molecule is COc1ccc(C(=NO)C(F)(F)F)cc1.Cc1ccc(S(=O)(=O)O)cc1.c1ccc2[nH]ccc2c1. The number of aromatic nitrogens is 1. The van der Waals surface area contributed by atoms with E-state index in [9.17, 15) is 21.6 Å². The predicted molar refractivity (Wildman–Crippen MR) is 127 cm³/mol. The maximum atomic E-state index is 12.3. The Morgan fingerprint density at radius 3 is 2.03 bits per heavy atom. The molecule has 0 radical (unpaired) electrons. The highest BCUT2D eigenvalue weighted by Crippen LogP contribution is 2.23. The maximum Gasteiger partial charge on any atom is 0.437 e. The number of nitrogens with one attached hydrogen (secondary N) is 1. The lowest BCUT2D eigenvalue weighted by Crippen LogP contribution is -2.23. The molecule has 0 aliphatic heterocycles. The summed E-state index contributed by atoms with van der Waals surface area (Å²) in [5, 5.41) is 11.8. The molecule has 186 valence electrons. The normalized spacial score (nSPS) is 11.7. The summed E-state index contributed by atoms with van der Waals surface area (Å²) in [6.07, 6.45) is -2.73. The summed E-state index contributed by atoms with van der Waals surface area (Å²) in [4.78, 5) is 3.05. The second-order valence-corrected chi connectivity index (χ2v) is 8.45. The number of hydrogen-bond donors (Lipinski definition) is 3. The predicted octanol–water partition coefficient (Wildman–Crippen LogP) is 5.85. The molecule has 0 fully saturated rings. The molecule has 1 aromatic heterocycles. The number of aryl methyl sites for hydroxylation is 1. The van der Waals surface area contributed by atoms with E-state index in [0.29, 0.717) is 5.75 Å². The lowest BCUT2D eigenvalue weighted by atomic mass is 10.1. The van der Waals surface area contributed by atoms with E-state index in [1.165, 1.54) is 54.4 Å². The average Bonchev–Trinajstić information content (AvgIpc) is 3.29. The molecule has 0 unspecified atom stereocenters. The molecular weight excluding hydrogens is 485 g/mol. The van der Waals surface area contributed by atoms with E-state index in [2.05, 4.69) is 28.3 Å². The third-order valence-electron chi connectivity index (χ3n) is 4.51. The van der Waals surface area contributed by atoms with Gasteiger partial charge in [-0.05, 0) is 60.8 Å². The number of alkyl halides is 3. The average molecular weight is 509 g/mol. The number of aromatic amines is 1. The maximum absolute atomic E-state index is 12.3. The second-order valence-electron chi connectivity index (χ2n) is 7.03. The number of ether oxygens (including phenoxy) is 1. The lowest BCUT2D eigenvalue weighted by Gasteiger charge is -2.08. The van der Waals surface area contributed by atoms with Crippen LogP contribution in [0.3, 0.4) is 0 Å². The fourth-order valence-corrected chi connectivity index (χ4v) is 3.21. The van der Waals surface area contributed by atoms with E-state index in [4.69, 9.17) is 14.5 Å². The topological polar surface area (TPSA) is 112 Å². The number of nitrogens with zero attached hydrogens (tertiary/aromatic N) is 1.